The second-order valence-electron chi connectivity index (χ2n) is 5.06. The van der Waals surface area contributed by atoms with Gasteiger partial charge in [-0.1, -0.05) is 44.0 Å². The molecule has 0 aliphatic heterocycles. The monoisotopic (exact) mass is 290 g/mol. The van der Waals surface area contributed by atoms with E-state index in [0.717, 1.165) is 36.8 Å². The smallest absolute Gasteiger partial charge is 0.747 e. The first-order valence-corrected chi connectivity index (χ1v) is 7.96. The molecule has 1 atom stereocenters. The van der Waals surface area contributed by atoms with Crippen molar-refractivity contribution in [1.29, 1.82) is 0 Å². The van der Waals surface area contributed by atoms with Crippen molar-refractivity contribution in [2.45, 2.75) is 50.2 Å². The van der Waals surface area contributed by atoms with Crippen molar-refractivity contribution in [3.8, 4) is 0 Å². The second kappa shape index (κ2) is 6.72. The fourth-order valence-electron chi connectivity index (χ4n) is 2.99. The van der Waals surface area contributed by atoms with Crippen LogP contribution in [0.15, 0.2) is 24.3 Å². The van der Waals surface area contributed by atoms with Gasteiger partial charge in [0, 0.05) is 0 Å². The standard InChI is InChI=1S/C14H20O3S.Na/c1-2-3-10-14(18(15,16)17)11-6-8-12-7-4-5-9-13(12)14;/h4-5,7,9H,2-3,6,8,10-11H2,1H3,(H,15,16,17);/q;+1/p-1. The van der Waals surface area contributed by atoms with Crippen molar-refractivity contribution < 1.29 is 42.5 Å². The Morgan fingerprint density at radius 1 is 1.32 bits per heavy atom. The van der Waals surface area contributed by atoms with Crippen LogP contribution in [0.3, 0.4) is 0 Å². The summed E-state index contributed by atoms with van der Waals surface area (Å²) in [7, 11) is -4.32. The predicted molar refractivity (Wildman–Crippen MR) is 70.3 cm³/mol. The van der Waals surface area contributed by atoms with E-state index >= 15 is 0 Å². The van der Waals surface area contributed by atoms with Crippen LogP contribution in [0, 0.1) is 0 Å². The summed E-state index contributed by atoms with van der Waals surface area (Å²) in [4.78, 5) is 0. The van der Waals surface area contributed by atoms with Crippen LogP contribution in [0.2, 0.25) is 0 Å². The third-order valence-corrected chi connectivity index (χ3v) is 5.53. The number of fused-ring (bicyclic) bond motifs is 1. The molecule has 0 radical (unpaired) electrons. The van der Waals surface area contributed by atoms with Crippen molar-refractivity contribution in [3.63, 3.8) is 0 Å². The predicted octanol–water partition coefficient (Wildman–Crippen LogP) is -0.0424. The second-order valence-corrected chi connectivity index (χ2v) is 6.75. The van der Waals surface area contributed by atoms with Gasteiger partial charge in [0.1, 0.15) is 10.1 Å². The van der Waals surface area contributed by atoms with Gasteiger partial charge in [0.05, 0.1) is 4.75 Å². The summed E-state index contributed by atoms with van der Waals surface area (Å²) in [5, 5.41) is 0. The fraction of sp³-hybridized carbons (Fsp3) is 0.571. The summed E-state index contributed by atoms with van der Waals surface area (Å²) in [6.07, 6.45) is 4.25. The number of aryl methyl sites for hydroxylation is 1. The first-order valence-electron chi connectivity index (χ1n) is 6.55. The summed E-state index contributed by atoms with van der Waals surface area (Å²) in [5.74, 6) is 0. The van der Waals surface area contributed by atoms with Gasteiger partial charge >= 0.3 is 29.6 Å². The zero-order valence-corrected chi connectivity index (χ0v) is 14.5. The van der Waals surface area contributed by atoms with Crippen LogP contribution < -0.4 is 29.6 Å². The molecule has 0 saturated heterocycles. The molecule has 0 fully saturated rings. The molecular weight excluding hydrogens is 271 g/mol. The maximum absolute atomic E-state index is 11.8. The first kappa shape index (κ1) is 17.2. The van der Waals surface area contributed by atoms with Crippen molar-refractivity contribution >= 4 is 10.1 Å². The van der Waals surface area contributed by atoms with E-state index in [1.54, 1.807) is 0 Å². The van der Waals surface area contributed by atoms with Crippen LogP contribution in [-0.4, -0.2) is 13.0 Å². The maximum atomic E-state index is 11.8. The molecule has 0 heterocycles. The van der Waals surface area contributed by atoms with Crippen LogP contribution in [0.25, 0.3) is 0 Å². The molecule has 100 valence electrons. The fourth-order valence-corrected chi connectivity index (χ4v) is 4.25. The van der Waals surface area contributed by atoms with Crippen LogP contribution in [0.5, 0.6) is 0 Å². The summed E-state index contributed by atoms with van der Waals surface area (Å²) >= 11 is 0. The van der Waals surface area contributed by atoms with Gasteiger partial charge in [-0.05, 0) is 36.8 Å². The molecule has 0 aromatic heterocycles. The minimum atomic E-state index is -4.32. The number of rotatable bonds is 4. The van der Waals surface area contributed by atoms with E-state index in [1.807, 2.05) is 31.2 Å². The largest absolute Gasteiger partial charge is 1.00 e. The Bertz CT molecular complexity index is 527. The normalized spacial score (nSPS) is 22.4. The minimum absolute atomic E-state index is 0. The van der Waals surface area contributed by atoms with Gasteiger partial charge in [-0.25, -0.2) is 8.42 Å². The van der Waals surface area contributed by atoms with Gasteiger partial charge in [-0.2, -0.15) is 0 Å². The van der Waals surface area contributed by atoms with Crippen molar-refractivity contribution in [2.24, 2.45) is 0 Å². The van der Waals surface area contributed by atoms with E-state index in [9.17, 15) is 13.0 Å². The molecule has 0 bridgehead atoms. The molecule has 2 rings (SSSR count). The zero-order valence-electron chi connectivity index (χ0n) is 11.7. The van der Waals surface area contributed by atoms with Crippen molar-refractivity contribution in [2.75, 3.05) is 0 Å². The van der Waals surface area contributed by atoms with E-state index in [0.29, 0.717) is 12.8 Å². The molecule has 3 nitrogen and oxygen atoms in total. The molecule has 5 heteroatoms. The first-order chi connectivity index (χ1) is 8.51. The van der Waals surface area contributed by atoms with E-state index in [1.165, 1.54) is 0 Å². The SMILES string of the molecule is CCCCC1(S(=O)(=O)[O-])CCCc2ccccc21.[Na+]. The van der Waals surface area contributed by atoms with Crippen molar-refractivity contribution in [1.82, 2.24) is 0 Å². The Kier molecular flexibility index (Phi) is 6.08. The maximum Gasteiger partial charge on any atom is 1.00 e. The molecular formula is C14H19NaO3S. The molecule has 1 aliphatic carbocycles. The summed E-state index contributed by atoms with van der Waals surface area (Å²) in [6, 6.07) is 7.50. The number of hydrogen-bond donors (Lipinski definition) is 0. The average molecular weight is 290 g/mol. The Hall–Kier alpha value is 0.130. The van der Waals surface area contributed by atoms with Gasteiger partial charge < -0.3 is 4.55 Å². The van der Waals surface area contributed by atoms with E-state index in [4.69, 9.17) is 0 Å². The van der Waals surface area contributed by atoms with Gasteiger partial charge in [0.15, 0.2) is 0 Å². The molecule has 1 aliphatic rings. The van der Waals surface area contributed by atoms with Crippen LogP contribution in [0.1, 0.15) is 50.2 Å². The Morgan fingerprint density at radius 2 is 2.00 bits per heavy atom. The average Bonchev–Trinajstić information content (AvgIpc) is 2.35. The van der Waals surface area contributed by atoms with Crippen LogP contribution in [-0.2, 0) is 21.3 Å². The van der Waals surface area contributed by atoms with E-state index in [-0.39, 0.29) is 29.6 Å². The molecule has 1 aromatic carbocycles. The van der Waals surface area contributed by atoms with Gasteiger partial charge in [-0.3, -0.25) is 0 Å². The number of benzene rings is 1. The van der Waals surface area contributed by atoms with E-state index in [2.05, 4.69) is 0 Å². The van der Waals surface area contributed by atoms with Crippen LogP contribution in [0.4, 0.5) is 0 Å². The molecule has 1 aromatic rings. The quantitative estimate of drug-likeness (QED) is 0.577. The summed E-state index contributed by atoms with van der Waals surface area (Å²) in [5.41, 5.74) is 1.78. The molecule has 19 heavy (non-hydrogen) atoms. The molecule has 0 N–H and O–H groups in total. The topological polar surface area (TPSA) is 57.2 Å². The number of hydrogen-bond acceptors (Lipinski definition) is 3. The van der Waals surface area contributed by atoms with E-state index < -0.39 is 14.9 Å². The molecule has 0 saturated carbocycles. The Balaban J connectivity index is 0.00000180. The molecule has 0 amide bonds. The minimum Gasteiger partial charge on any atom is -0.747 e. The Morgan fingerprint density at radius 3 is 2.63 bits per heavy atom. The zero-order chi connectivity index (χ0) is 13.2. The third-order valence-electron chi connectivity index (χ3n) is 3.95. The third kappa shape index (κ3) is 3.24. The summed E-state index contributed by atoms with van der Waals surface area (Å²) in [6.45, 7) is 2.01. The van der Waals surface area contributed by atoms with Crippen molar-refractivity contribution in [3.05, 3.63) is 35.4 Å². The summed E-state index contributed by atoms with van der Waals surface area (Å²) < 4.78 is 34.3. The Labute approximate surface area is 137 Å². The van der Waals surface area contributed by atoms with Gasteiger partial charge in [0.2, 0.25) is 0 Å². The number of unbranched alkanes of at least 4 members (excludes halogenated alkanes) is 1. The molecule has 1 unspecified atom stereocenters. The van der Waals surface area contributed by atoms with Gasteiger partial charge in [0.25, 0.3) is 0 Å². The molecule has 0 spiro atoms. The van der Waals surface area contributed by atoms with Crippen LogP contribution >= 0.6 is 0 Å². The van der Waals surface area contributed by atoms with Gasteiger partial charge in [-0.15, -0.1) is 0 Å².